The molecule has 0 amide bonds. The van der Waals surface area contributed by atoms with Crippen LogP contribution in [0.3, 0.4) is 0 Å². The van der Waals surface area contributed by atoms with Gasteiger partial charge in [-0.3, -0.25) is 9.78 Å². The summed E-state index contributed by atoms with van der Waals surface area (Å²) in [6.45, 7) is 2.17. The van der Waals surface area contributed by atoms with E-state index in [9.17, 15) is 13.6 Å². The number of hydrogen-bond donors (Lipinski definition) is 0. The third-order valence-corrected chi connectivity index (χ3v) is 6.81. The van der Waals surface area contributed by atoms with Gasteiger partial charge in [0.05, 0.1) is 5.52 Å². The Kier molecular flexibility index (Phi) is 5.25. The van der Waals surface area contributed by atoms with E-state index in [1.165, 1.54) is 11.6 Å². The molecule has 0 spiro atoms. The maximum absolute atomic E-state index is 13.7. The van der Waals surface area contributed by atoms with Gasteiger partial charge >= 0.3 is 0 Å². The van der Waals surface area contributed by atoms with Gasteiger partial charge in [0, 0.05) is 23.9 Å². The minimum atomic E-state index is -0.760. The zero-order chi connectivity index (χ0) is 19.0. The first-order chi connectivity index (χ1) is 13.0. The average Bonchev–Trinajstić information content (AvgIpc) is 2.65. The van der Waals surface area contributed by atoms with Crippen LogP contribution in [0.15, 0.2) is 30.5 Å². The maximum Gasteiger partial charge on any atom is 0.136 e. The summed E-state index contributed by atoms with van der Waals surface area (Å²) in [6.07, 6.45) is 6.83. The minimum Gasteiger partial charge on any atom is -0.299 e. The normalized spacial score (nSPS) is 29.3. The highest BCUT2D eigenvalue weighted by Crippen LogP contribution is 2.42. The zero-order valence-electron chi connectivity index (χ0n) is 15.8. The third-order valence-electron chi connectivity index (χ3n) is 6.81. The molecule has 4 rings (SSSR count). The van der Waals surface area contributed by atoms with Crippen LogP contribution in [0.5, 0.6) is 0 Å². The number of pyridine rings is 1. The van der Waals surface area contributed by atoms with E-state index in [1.54, 1.807) is 12.1 Å². The lowest BCUT2D eigenvalue weighted by atomic mass is 9.71. The molecule has 27 heavy (non-hydrogen) atoms. The SMILES string of the molecule is C[C@@H](CC(=O)C1CC(F)C1)C1CCC(c2ccnc3ccc(F)cc23)CC1. The number of benzene rings is 1. The molecule has 0 N–H and O–H groups in total. The van der Waals surface area contributed by atoms with Gasteiger partial charge in [-0.1, -0.05) is 6.92 Å². The van der Waals surface area contributed by atoms with Crippen molar-refractivity contribution >= 4 is 16.7 Å². The van der Waals surface area contributed by atoms with Crippen LogP contribution in [0.1, 0.15) is 63.4 Å². The van der Waals surface area contributed by atoms with Gasteiger partial charge in [0.2, 0.25) is 0 Å². The summed E-state index contributed by atoms with van der Waals surface area (Å²) in [4.78, 5) is 16.6. The topological polar surface area (TPSA) is 30.0 Å². The Bertz CT molecular complexity index is 822. The first-order valence-electron chi connectivity index (χ1n) is 10.2. The molecule has 0 unspecified atom stereocenters. The van der Waals surface area contributed by atoms with Crippen molar-refractivity contribution in [3.8, 4) is 0 Å². The molecule has 2 fully saturated rings. The van der Waals surface area contributed by atoms with Crippen molar-refractivity contribution in [3.05, 3.63) is 41.8 Å². The number of halogens is 2. The van der Waals surface area contributed by atoms with E-state index in [0.717, 1.165) is 36.6 Å². The number of carbonyl (C=O) groups excluding carboxylic acids is 1. The number of ketones is 1. The molecule has 0 aliphatic heterocycles. The molecule has 0 bridgehead atoms. The summed E-state index contributed by atoms with van der Waals surface area (Å²) in [5.74, 6) is 1.35. The van der Waals surface area contributed by atoms with Gasteiger partial charge in [-0.2, -0.15) is 0 Å². The van der Waals surface area contributed by atoms with Crippen LogP contribution < -0.4 is 0 Å². The summed E-state index contributed by atoms with van der Waals surface area (Å²) in [7, 11) is 0. The van der Waals surface area contributed by atoms with Gasteiger partial charge < -0.3 is 0 Å². The van der Waals surface area contributed by atoms with E-state index in [4.69, 9.17) is 0 Å². The Labute approximate surface area is 159 Å². The van der Waals surface area contributed by atoms with Crippen molar-refractivity contribution in [1.29, 1.82) is 0 Å². The summed E-state index contributed by atoms with van der Waals surface area (Å²) in [6, 6.07) is 6.84. The molecule has 1 aromatic carbocycles. The van der Waals surface area contributed by atoms with Crippen LogP contribution >= 0.6 is 0 Å². The van der Waals surface area contributed by atoms with Gasteiger partial charge in [-0.15, -0.1) is 0 Å². The van der Waals surface area contributed by atoms with Crippen LogP contribution in [0.4, 0.5) is 8.78 Å². The van der Waals surface area contributed by atoms with E-state index >= 15 is 0 Å². The second-order valence-corrected chi connectivity index (χ2v) is 8.59. The van der Waals surface area contributed by atoms with Gasteiger partial charge in [-0.25, -0.2) is 8.78 Å². The highest BCUT2D eigenvalue weighted by Gasteiger charge is 2.36. The predicted molar refractivity (Wildman–Crippen MR) is 103 cm³/mol. The van der Waals surface area contributed by atoms with Crippen molar-refractivity contribution < 1.29 is 13.6 Å². The zero-order valence-corrected chi connectivity index (χ0v) is 15.8. The molecule has 1 aromatic heterocycles. The summed E-state index contributed by atoms with van der Waals surface area (Å²) >= 11 is 0. The van der Waals surface area contributed by atoms with Crippen LogP contribution in [0.25, 0.3) is 10.9 Å². The molecule has 1 atom stereocenters. The molecule has 2 nitrogen and oxygen atoms in total. The van der Waals surface area contributed by atoms with Gasteiger partial charge in [0.15, 0.2) is 0 Å². The monoisotopic (exact) mass is 371 g/mol. The van der Waals surface area contributed by atoms with Crippen LogP contribution in [0, 0.1) is 23.6 Å². The van der Waals surface area contributed by atoms with Crippen molar-refractivity contribution in [2.24, 2.45) is 17.8 Å². The lowest BCUT2D eigenvalue weighted by Crippen LogP contribution is -2.33. The smallest absolute Gasteiger partial charge is 0.136 e. The molecule has 0 saturated heterocycles. The van der Waals surface area contributed by atoms with E-state index in [-0.39, 0.29) is 17.5 Å². The number of hydrogen-bond acceptors (Lipinski definition) is 2. The van der Waals surface area contributed by atoms with Gasteiger partial charge in [-0.05, 0) is 86.1 Å². The molecule has 2 aromatic rings. The number of fused-ring (bicyclic) bond motifs is 1. The molecule has 1 heterocycles. The Balaban J connectivity index is 1.38. The molecule has 4 heteroatoms. The largest absolute Gasteiger partial charge is 0.299 e. The third kappa shape index (κ3) is 3.90. The lowest BCUT2D eigenvalue weighted by Gasteiger charge is -2.34. The maximum atomic E-state index is 13.7. The number of Topliss-reactive ketones (excluding diaryl/α,β-unsaturated/α-hetero) is 1. The van der Waals surface area contributed by atoms with Crippen LogP contribution in [-0.4, -0.2) is 16.9 Å². The van der Waals surface area contributed by atoms with E-state index in [2.05, 4.69) is 11.9 Å². The number of carbonyl (C=O) groups is 1. The Morgan fingerprint density at radius 1 is 1.19 bits per heavy atom. The Morgan fingerprint density at radius 2 is 1.93 bits per heavy atom. The fourth-order valence-electron chi connectivity index (χ4n) is 4.96. The first-order valence-corrected chi connectivity index (χ1v) is 10.2. The summed E-state index contributed by atoms with van der Waals surface area (Å²) in [5.41, 5.74) is 2.05. The molecule has 2 aliphatic carbocycles. The molecule has 0 radical (unpaired) electrons. The summed E-state index contributed by atoms with van der Waals surface area (Å²) < 4.78 is 26.7. The number of nitrogens with zero attached hydrogens (tertiary/aromatic N) is 1. The van der Waals surface area contributed by atoms with Crippen molar-refractivity contribution in [1.82, 2.24) is 4.98 Å². The fourth-order valence-corrected chi connectivity index (χ4v) is 4.96. The minimum absolute atomic E-state index is 0.0307. The molecular weight excluding hydrogens is 344 g/mol. The van der Waals surface area contributed by atoms with E-state index in [1.807, 2.05) is 12.3 Å². The van der Waals surface area contributed by atoms with Crippen molar-refractivity contribution in [3.63, 3.8) is 0 Å². The van der Waals surface area contributed by atoms with Gasteiger partial charge in [0.1, 0.15) is 17.8 Å². The standard InChI is InChI=1S/C23H27F2NO/c1-14(10-23(27)17-11-19(25)12-17)15-2-4-16(5-3-15)20-8-9-26-22-7-6-18(24)13-21(20)22/h6-9,13-17,19H,2-5,10-12H2,1H3/t14-,15?,16?,17?,19?/m0/s1. The number of alkyl halides is 1. The van der Waals surface area contributed by atoms with E-state index in [0.29, 0.717) is 37.0 Å². The van der Waals surface area contributed by atoms with Crippen molar-refractivity contribution in [2.75, 3.05) is 0 Å². The average molecular weight is 371 g/mol. The van der Waals surface area contributed by atoms with E-state index < -0.39 is 6.17 Å². The lowest BCUT2D eigenvalue weighted by molar-refractivity contribution is -0.128. The van der Waals surface area contributed by atoms with Crippen LogP contribution in [0.2, 0.25) is 0 Å². The van der Waals surface area contributed by atoms with Gasteiger partial charge in [0.25, 0.3) is 0 Å². The fraction of sp³-hybridized carbons (Fsp3) is 0.565. The predicted octanol–water partition coefficient (Wildman–Crippen LogP) is 5.99. The highest BCUT2D eigenvalue weighted by atomic mass is 19.1. The number of rotatable bonds is 5. The van der Waals surface area contributed by atoms with Crippen LogP contribution in [-0.2, 0) is 4.79 Å². The molecule has 2 aliphatic rings. The highest BCUT2D eigenvalue weighted by molar-refractivity contribution is 5.83. The second-order valence-electron chi connectivity index (χ2n) is 8.59. The molecular formula is C23H27F2NO. The molecule has 2 saturated carbocycles. The second kappa shape index (κ2) is 7.65. The molecule has 144 valence electrons. The quantitative estimate of drug-likeness (QED) is 0.646. The Hall–Kier alpha value is -1.84. The Morgan fingerprint density at radius 3 is 2.63 bits per heavy atom. The van der Waals surface area contributed by atoms with Crippen molar-refractivity contribution in [2.45, 2.75) is 64.0 Å². The first kappa shape index (κ1) is 18.5. The summed E-state index contributed by atoms with van der Waals surface area (Å²) in [5, 5.41) is 0.926. The number of aromatic nitrogens is 1.